The molecule has 0 saturated carbocycles. The fourth-order valence-corrected chi connectivity index (χ4v) is 4.55. The Balaban J connectivity index is 1.61. The largest absolute Gasteiger partial charge is 0.368 e. The Hall–Kier alpha value is -2.49. The molecule has 0 aromatic heterocycles. The summed E-state index contributed by atoms with van der Waals surface area (Å²) in [4.78, 5) is 43.9. The van der Waals surface area contributed by atoms with Crippen molar-refractivity contribution >= 4 is 17.8 Å². The molecular formula is C19H26N6O3. The van der Waals surface area contributed by atoms with Gasteiger partial charge in [-0.25, -0.2) is 4.79 Å². The number of hydrogen-bond donors (Lipinski definition) is 2. The summed E-state index contributed by atoms with van der Waals surface area (Å²) in [6.45, 7) is 4.13. The summed E-state index contributed by atoms with van der Waals surface area (Å²) in [5.74, 6) is -0.703. The molecule has 0 radical (unpaired) electrons. The molecule has 0 bridgehead atoms. The Morgan fingerprint density at radius 1 is 1.21 bits per heavy atom. The van der Waals surface area contributed by atoms with Gasteiger partial charge in [-0.05, 0) is 11.5 Å². The maximum Gasteiger partial charge on any atom is 0.328 e. The molecule has 28 heavy (non-hydrogen) atoms. The van der Waals surface area contributed by atoms with Crippen molar-refractivity contribution in [3.05, 3.63) is 35.9 Å². The zero-order valence-electron chi connectivity index (χ0n) is 16.1. The van der Waals surface area contributed by atoms with E-state index in [1.165, 1.54) is 10.5 Å². The van der Waals surface area contributed by atoms with E-state index in [0.717, 1.165) is 24.5 Å². The van der Waals surface area contributed by atoms with Gasteiger partial charge in [-0.2, -0.15) is 0 Å². The van der Waals surface area contributed by atoms with Gasteiger partial charge in [0.25, 0.3) is 5.91 Å². The van der Waals surface area contributed by atoms with Crippen molar-refractivity contribution in [3.63, 3.8) is 0 Å². The first kappa shape index (κ1) is 18.9. The molecular weight excluding hydrogens is 360 g/mol. The summed E-state index contributed by atoms with van der Waals surface area (Å²) in [6.07, 6.45) is -0.586. The molecule has 150 valence electrons. The topological polar surface area (TPSA) is 102 Å². The molecule has 0 aliphatic carbocycles. The minimum atomic E-state index is -0.700. The third kappa shape index (κ3) is 3.15. The quantitative estimate of drug-likeness (QED) is 0.717. The van der Waals surface area contributed by atoms with Crippen molar-refractivity contribution in [2.24, 2.45) is 11.7 Å². The van der Waals surface area contributed by atoms with E-state index >= 15 is 0 Å². The lowest BCUT2D eigenvalue weighted by Crippen LogP contribution is -2.67. The molecule has 4 unspecified atom stereocenters. The molecule has 1 aromatic carbocycles. The van der Waals surface area contributed by atoms with Crippen molar-refractivity contribution in [1.82, 2.24) is 24.9 Å². The van der Waals surface area contributed by atoms with E-state index in [-0.39, 0.29) is 12.2 Å². The second kappa shape index (κ2) is 7.16. The fraction of sp³-hybridized carbons (Fsp3) is 0.526. The molecule has 4 atom stereocenters. The third-order valence-corrected chi connectivity index (χ3v) is 5.72. The van der Waals surface area contributed by atoms with Crippen molar-refractivity contribution in [3.8, 4) is 0 Å². The summed E-state index contributed by atoms with van der Waals surface area (Å²) < 4.78 is 0. The van der Waals surface area contributed by atoms with Gasteiger partial charge in [0.1, 0.15) is 25.0 Å². The molecule has 4 amide bonds. The number of likely N-dealkylation sites (N-methyl/N-ethyl adjacent to an activating group) is 1. The van der Waals surface area contributed by atoms with Crippen LogP contribution in [0.2, 0.25) is 0 Å². The minimum absolute atomic E-state index is 0.154. The van der Waals surface area contributed by atoms with Gasteiger partial charge in [-0.1, -0.05) is 37.3 Å². The molecule has 3 aliphatic rings. The van der Waals surface area contributed by atoms with E-state index in [2.05, 4.69) is 34.2 Å². The summed E-state index contributed by atoms with van der Waals surface area (Å²) in [6, 6.07) is 9.15. The van der Waals surface area contributed by atoms with Crippen molar-refractivity contribution in [2.75, 3.05) is 26.7 Å². The monoisotopic (exact) mass is 386 g/mol. The number of nitrogens with two attached hydrogens (primary N) is 1. The first-order chi connectivity index (χ1) is 13.4. The number of hydrogen-bond acceptors (Lipinski definition) is 6. The van der Waals surface area contributed by atoms with Gasteiger partial charge < -0.3 is 10.6 Å². The Labute approximate surface area is 164 Å². The predicted molar refractivity (Wildman–Crippen MR) is 101 cm³/mol. The van der Waals surface area contributed by atoms with E-state index in [9.17, 15) is 14.4 Å². The lowest BCUT2D eigenvalue weighted by atomic mass is 10.0. The summed E-state index contributed by atoms with van der Waals surface area (Å²) >= 11 is 0. The van der Waals surface area contributed by atoms with Crippen LogP contribution in [0.15, 0.2) is 30.3 Å². The lowest BCUT2D eigenvalue weighted by Gasteiger charge is -2.45. The summed E-state index contributed by atoms with van der Waals surface area (Å²) in [7, 11) is 1.65. The average molecular weight is 386 g/mol. The number of urea groups is 1. The Bertz CT molecular complexity index is 787. The van der Waals surface area contributed by atoms with Crippen LogP contribution < -0.4 is 11.1 Å². The van der Waals surface area contributed by atoms with Crippen molar-refractivity contribution < 1.29 is 14.4 Å². The number of carbonyl (C=O) groups excluding carboxylic acids is 3. The van der Waals surface area contributed by atoms with Crippen LogP contribution in [0.4, 0.5) is 4.79 Å². The number of nitrogens with zero attached hydrogens (tertiary/aromatic N) is 4. The normalized spacial score (nSPS) is 31.1. The third-order valence-electron chi connectivity index (χ3n) is 5.72. The van der Waals surface area contributed by atoms with E-state index in [1.807, 2.05) is 18.2 Å². The summed E-state index contributed by atoms with van der Waals surface area (Å²) in [5, 5.41) is 3.46. The fourth-order valence-electron chi connectivity index (χ4n) is 4.55. The Kier molecular flexibility index (Phi) is 4.82. The second-order valence-electron chi connectivity index (χ2n) is 7.93. The van der Waals surface area contributed by atoms with Gasteiger partial charge >= 0.3 is 6.03 Å². The SMILES string of the molecule is CC1CN(Cc2ccccc2)C2NC3C(C(=O)N(CC(N)=O)C(=O)N3C)N2C1. The van der Waals surface area contributed by atoms with Crippen LogP contribution in [0, 0.1) is 5.92 Å². The number of nitrogens with one attached hydrogen (secondary N) is 1. The highest BCUT2D eigenvalue weighted by Crippen LogP contribution is 2.32. The van der Waals surface area contributed by atoms with Gasteiger partial charge in [0.15, 0.2) is 0 Å². The Morgan fingerprint density at radius 2 is 1.93 bits per heavy atom. The number of imide groups is 1. The molecule has 0 spiro atoms. The number of primary amides is 1. The van der Waals surface area contributed by atoms with Crippen molar-refractivity contribution in [1.29, 1.82) is 0 Å². The van der Waals surface area contributed by atoms with E-state index in [0.29, 0.717) is 5.92 Å². The van der Waals surface area contributed by atoms with Crippen LogP contribution in [-0.4, -0.2) is 82.6 Å². The molecule has 3 aliphatic heterocycles. The summed E-state index contributed by atoms with van der Waals surface area (Å²) in [5.41, 5.74) is 6.45. The van der Waals surface area contributed by atoms with Crippen LogP contribution in [0.3, 0.4) is 0 Å². The van der Waals surface area contributed by atoms with E-state index in [4.69, 9.17) is 5.73 Å². The molecule has 3 N–H and O–H groups in total. The molecule has 1 aromatic rings. The maximum atomic E-state index is 13.1. The van der Waals surface area contributed by atoms with E-state index in [1.54, 1.807) is 7.05 Å². The minimum Gasteiger partial charge on any atom is -0.368 e. The van der Waals surface area contributed by atoms with Crippen LogP contribution >= 0.6 is 0 Å². The van der Waals surface area contributed by atoms with Crippen LogP contribution in [0.1, 0.15) is 12.5 Å². The smallest absolute Gasteiger partial charge is 0.328 e. The van der Waals surface area contributed by atoms with Gasteiger partial charge in [0, 0.05) is 26.7 Å². The molecule has 3 saturated heterocycles. The molecule has 3 fully saturated rings. The highest BCUT2D eigenvalue weighted by Gasteiger charge is 2.56. The molecule has 9 heteroatoms. The average Bonchev–Trinajstić information content (AvgIpc) is 3.04. The zero-order chi connectivity index (χ0) is 20.0. The number of benzene rings is 1. The number of amides is 4. The first-order valence-electron chi connectivity index (χ1n) is 9.53. The highest BCUT2D eigenvalue weighted by atomic mass is 16.2. The predicted octanol–water partition coefficient (Wildman–Crippen LogP) is -0.599. The number of carbonyl (C=O) groups is 3. The Morgan fingerprint density at radius 3 is 2.61 bits per heavy atom. The van der Waals surface area contributed by atoms with Crippen molar-refractivity contribution in [2.45, 2.75) is 32.0 Å². The highest BCUT2D eigenvalue weighted by molar-refractivity contribution is 6.03. The van der Waals surface area contributed by atoms with Gasteiger partial charge in [0.05, 0.1) is 0 Å². The molecule has 4 rings (SSSR count). The maximum absolute atomic E-state index is 13.1. The molecule has 3 heterocycles. The number of rotatable bonds is 4. The standard InChI is InChI=1S/C19H26N6O3/c1-12-8-23(10-13-6-4-3-5-7-13)18-21-16-15(24(18)9-12)17(27)25(11-14(20)26)19(28)22(16)2/h3-7,12,15-16,18,21H,8-11H2,1-2H3,(H2,20,26). The van der Waals surface area contributed by atoms with Gasteiger partial charge in [0.2, 0.25) is 5.91 Å². The zero-order valence-corrected chi connectivity index (χ0v) is 16.1. The van der Waals surface area contributed by atoms with Gasteiger partial charge in [-0.3, -0.25) is 29.6 Å². The molecule has 9 nitrogen and oxygen atoms in total. The lowest BCUT2D eigenvalue weighted by molar-refractivity contribution is -0.143. The van der Waals surface area contributed by atoms with E-state index < -0.39 is 30.7 Å². The van der Waals surface area contributed by atoms with Crippen LogP contribution in [-0.2, 0) is 16.1 Å². The van der Waals surface area contributed by atoms with Crippen LogP contribution in [0.25, 0.3) is 0 Å². The van der Waals surface area contributed by atoms with Crippen LogP contribution in [0.5, 0.6) is 0 Å². The number of fused-ring (bicyclic) bond motifs is 3. The first-order valence-corrected chi connectivity index (χ1v) is 9.53. The second-order valence-corrected chi connectivity index (χ2v) is 7.93. The van der Waals surface area contributed by atoms with Gasteiger partial charge in [-0.15, -0.1) is 0 Å².